The van der Waals surface area contributed by atoms with Crippen molar-refractivity contribution in [2.24, 2.45) is 7.05 Å². The predicted molar refractivity (Wildman–Crippen MR) is 45.7 cm³/mol. The van der Waals surface area contributed by atoms with Crippen LogP contribution >= 0.6 is 0 Å². The number of hydrogen-bond donors (Lipinski definition) is 2. The number of H-pyrrole nitrogens is 1. The van der Waals surface area contributed by atoms with Gasteiger partial charge >= 0.3 is 0 Å². The summed E-state index contributed by atoms with van der Waals surface area (Å²) in [6, 6.07) is 0. The largest absolute Gasteiger partial charge is 0.396 e. The number of hydrogen-bond acceptors (Lipinski definition) is 3. The normalized spacial score (nSPS) is 10.8. The van der Waals surface area contributed by atoms with Crippen LogP contribution in [-0.4, -0.2) is 14.5 Å². The number of anilines is 1. The maximum atomic E-state index is 11.4. The summed E-state index contributed by atoms with van der Waals surface area (Å²) in [5, 5.41) is 0. The van der Waals surface area contributed by atoms with Crippen LogP contribution < -0.4 is 11.3 Å². The van der Waals surface area contributed by atoms with E-state index < -0.39 is 0 Å². The molecular formula is C7H8N4O. The van der Waals surface area contributed by atoms with Gasteiger partial charge in [0, 0.05) is 13.2 Å². The zero-order valence-corrected chi connectivity index (χ0v) is 6.53. The molecule has 0 aliphatic heterocycles. The second-order valence-electron chi connectivity index (χ2n) is 2.63. The second kappa shape index (κ2) is 2.10. The van der Waals surface area contributed by atoms with Crippen LogP contribution in [0.3, 0.4) is 0 Å². The minimum absolute atomic E-state index is 0.114. The van der Waals surface area contributed by atoms with E-state index in [1.807, 2.05) is 0 Å². The number of aromatic nitrogens is 3. The molecule has 2 heterocycles. The van der Waals surface area contributed by atoms with Crippen LogP contribution in [0.4, 0.5) is 5.69 Å². The lowest BCUT2D eigenvalue weighted by Gasteiger charge is -1.98. The summed E-state index contributed by atoms with van der Waals surface area (Å²) < 4.78 is 1.43. The second-order valence-corrected chi connectivity index (χ2v) is 2.63. The van der Waals surface area contributed by atoms with Gasteiger partial charge in [0.2, 0.25) is 0 Å². The van der Waals surface area contributed by atoms with E-state index in [1.165, 1.54) is 10.9 Å². The Labute approximate surface area is 67.8 Å². The highest BCUT2D eigenvalue weighted by atomic mass is 16.1. The molecule has 0 atom stereocenters. The van der Waals surface area contributed by atoms with Gasteiger partial charge in [0.25, 0.3) is 5.56 Å². The Bertz CT molecular complexity index is 482. The van der Waals surface area contributed by atoms with E-state index in [0.29, 0.717) is 16.7 Å². The zero-order chi connectivity index (χ0) is 8.72. The van der Waals surface area contributed by atoms with Crippen molar-refractivity contribution in [2.75, 3.05) is 5.73 Å². The standard InChI is InChI=1S/C7H8N4O/c1-11-2-4(8)5-6(7(11)12)10-3-9-5/h2-3H,8H2,1H3,(H,9,10). The fourth-order valence-electron chi connectivity index (χ4n) is 1.18. The zero-order valence-electron chi connectivity index (χ0n) is 6.53. The van der Waals surface area contributed by atoms with Crippen molar-refractivity contribution in [1.29, 1.82) is 0 Å². The Morgan fingerprint density at radius 3 is 3.17 bits per heavy atom. The van der Waals surface area contributed by atoms with Gasteiger partial charge in [-0.25, -0.2) is 4.98 Å². The van der Waals surface area contributed by atoms with Gasteiger partial charge in [-0.1, -0.05) is 0 Å². The molecule has 0 aliphatic carbocycles. The Morgan fingerprint density at radius 2 is 2.42 bits per heavy atom. The van der Waals surface area contributed by atoms with Crippen molar-refractivity contribution in [1.82, 2.24) is 14.5 Å². The first-order valence-electron chi connectivity index (χ1n) is 3.48. The minimum atomic E-state index is -0.114. The average Bonchev–Trinajstić information content (AvgIpc) is 2.48. The summed E-state index contributed by atoms with van der Waals surface area (Å²) in [4.78, 5) is 18.0. The van der Waals surface area contributed by atoms with Gasteiger partial charge in [0.15, 0.2) is 0 Å². The lowest BCUT2D eigenvalue weighted by Crippen LogP contribution is -2.17. The lowest BCUT2D eigenvalue weighted by molar-refractivity contribution is 0.872. The number of nitrogens with one attached hydrogen (secondary N) is 1. The van der Waals surface area contributed by atoms with E-state index in [9.17, 15) is 4.79 Å². The molecule has 5 heteroatoms. The van der Waals surface area contributed by atoms with Crippen molar-refractivity contribution in [2.45, 2.75) is 0 Å². The Morgan fingerprint density at radius 1 is 1.67 bits per heavy atom. The molecule has 2 aromatic rings. The van der Waals surface area contributed by atoms with Crippen LogP contribution in [0.1, 0.15) is 0 Å². The van der Waals surface area contributed by atoms with Crippen molar-refractivity contribution in [3.8, 4) is 0 Å². The Balaban J connectivity index is 3.07. The first-order chi connectivity index (χ1) is 5.70. The molecular weight excluding hydrogens is 156 g/mol. The third-order valence-corrected chi connectivity index (χ3v) is 1.78. The summed E-state index contributed by atoms with van der Waals surface area (Å²) in [5.41, 5.74) is 7.02. The van der Waals surface area contributed by atoms with E-state index in [1.54, 1.807) is 13.2 Å². The van der Waals surface area contributed by atoms with Crippen molar-refractivity contribution in [3.63, 3.8) is 0 Å². The molecule has 0 amide bonds. The maximum absolute atomic E-state index is 11.4. The predicted octanol–water partition coefficient (Wildman–Crippen LogP) is -0.156. The van der Waals surface area contributed by atoms with Crippen LogP contribution in [0.5, 0.6) is 0 Å². The van der Waals surface area contributed by atoms with E-state index >= 15 is 0 Å². The third kappa shape index (κ3) is 0.730. The highest BCUT2D eigenvalue weighted by Gasteiger charge is 2.05. The van der Waals surface area contributed by atoms with Gasteiger partial charge in [-0.3, -0.25) is 4.79 Å². The third-order valence-electron chi connectivity index (χ3n) is 1.78. The Kier molecular flexibility index (Phi) is 1.21. The monoisotopic (exact) mass is 164 g/mol. The molecule has 0 fully saturated rings. The lowest BCUT2D eigenvalue weighted by atomic mass is 10.3. The fourth-order valence-corrected chi connectivity index (χ4v) is 1.18. The molecule has 0 aliphatic rings. The van der Waals surface area contributed by atoms with Crippen LogP contribution in [0.15, 0.2) is 17.3 Å². The molecule has 62 valence electrons. The number of fused-ring (bicyclic) bond motifs is 1. The van der Waals surface area contributed by atoms with Gasteiger partial charge in [-0.2, -0.15) is 0 Å². The number of nitrogens with two attached hydrogens (primary N) is 1. The number of nitrogen functional groups attached to an aromatic ring is 1. The van der Waals surface area contributed by atoms with Crippen LogP contribution in [-0.2, 0) is 7.05 Å². The first-order valence-corrected chi connectivity index (χ1v) is 3.48. The van der Waals surface area contributed by atoms with Crippen molar-refractivity contribution >= 4 is 16.7 Å². The van der Waals surface area contributed by atoms with Crippen LogP contribution in [0.25, 0.3) is 11.0 Å². The molecule has 0 saturated carbocycles. The topological polar surface area (TPSA) is 76.7 Å². The molecule has 0 aromatic carbocycles. The summed E-state index contributed by atoms with van der Waals surface area (Å²) in [5.74, 6) is 0. The molecule has 3 N–H and O–H groups in total. The van der Waals surface area contributed by atoms with Gasteiger partial charge in [0.1, 0.15) is 11.0 Å². The minimum Gasteiger partial charge on any atom is -0.396 e. The summed E-state index contributed by atoms with van der Waals surface area (Å²) in [6.07, 6.45) is 3.02. The molecule has 12 heavy (non-hydrogen) atoms. The SMILES string of the molecule is Cn1cc(N)c2nc[nH]c2c1=O. The molecule has 0 bridgehead atoms. The van der Waals surface area contributed by atoms with Crippen molar-refractivity contribution < 1.29 is 0 Å². The number of imidazole rings is 1. The summed E-state index contributed by atoms with van der Waals surface area (Å²) in [7, 11) is 1.65. The van der Waals surface area contributed by atoms with Gasteiger partial charge in [-0.05, 0) is 0 Å². The molecule has 2 rings (SSSR count). The van der Waals surface area contributed by atoms with Crippen LogP contribution in [0, 0.1) is 0 Å². The fraction of sp³-hybridized carbons (Fsp3) is 0.143. The molecule has 0 saturated heterocycles. The molecule has 5 nitrogen and oxygen atoms in total. The molecule has 2 aromatic heterocycles. The quantitative estimate of drug-likeness (QED) is 0.568. The highest BCUT2D eigenvalue weighted by Crippen LogP contribution is 2.11. The summed E-state index contributed by atoms with van der Waals surface area (Å²) >= 11 is 0. The molecule has 0 spiro atoms. The van der Waals surface area contributed by atoms with Gasteiger partial charge in [-0.15, -0.1) is 0 Å². The number of nitrogens with zero attached hydrogens (tertiary/aromatic N) is 2. The first kappa shape index (κ1) is 6.90. The highest BCUT2D eigenvalue weighted by molar-refractivity contribution is 5.85. The van der Waals surface area contributed by atoms with Gasteiger partial charge < -0.3 is 15.3 Å². The van der Waals surface area contributed by atoms with E-state index in [0.717, 1.165) is 0 Å². The molecule has 0 radical (unpaired) electrons. The average molecular weight is 164 g/mol. The summed E-state index contributed by atoms with van der Waals surface area (Å²) in [6.45, 7) is 0. The maximum Gasteiger partial charge on any atom is 0.276 e. The van der Waals surface area contributed by atoms with Gasteiger partial charge in [0.05, 0.1) is 12.0 Å². The number of aromatic amines is 1. The van der Waals surface area contributed by atoms with Crippen LogP contribution in [0.2, 0.25) is 0 Å². The smallest absolute Gasteiger partial charge is 0.276 e. The number of aryl methyl sites for hydroxylation is 1. The van der Waals surface area contributed by atoms with E-state index in [2.05, 4.69) is 9.97 Å². The number of rotatable bonds is 0. The Hall–Kier alpha value is -1.78. The molecule has 0 unspecified atom stereocenters. The van der Waals surface area contributed by atoms with E-state index in [4.69, 9.17) is 5.73 Å². The number of pyridine rings is 1. The van der Waals surface area contributed by atoms with Crippen molar-refractivity contribution in [3.05, 3.63) is 22.9 Å². The van der Waals surface area contributed by atoms with E-state index in [-0.39, 0.29) is 5.56 Å².